The highest BCUT2D eigenvalue weighted by Crippen LogP contribution is 2.28. The number of ether oxygens (including phenoxy) is 1. The fourth-order valence-corrected chi connectivity index (χ4v) is 3.29. The van der Waals surface area contributed by atoms with Gasteiger partial charge >= 0.3 is 5.97 Å². The SMILES string of the molecule is C[C@@H](OC(=O)c1ccc([N+](=O)[O-])cc1Cl)C(=O)N1CCCc2ccccc21. The normalized spacial score (nSPS) is 14.2. The van der Waals surface area contributed by atoms with Crippen LogP contribution in [0.25, 0.3) is 0 Å². The van der Waals surface area contributed by atoms with Crippen molar-refractivity contribution in [2.75, 3.05) is 11.4 Å². The summed E-state index contributed by atoms with van der Waals surface area (Å²) in [5.74, 6) is -1.13. The van der Waals surface area contributed by atoms with Crippen LogP contribution in [0.2, 0.25) is 5.02 Å². The van der Waals surface area contributed by atoms with E-state index in [0.29, 0.717) is 6.54 Å². The number of nitro benzene ring substituents is 1. The van der Waals surface area contributed by atoms with Crippen LogP contribution >= 0.6 is 11.6 Å². The Morgan fingerprint density at radius 2 is 2.00 bits per heavy atom. The first-order valence-corrected chi connectivity index (χ1v) is 8.80. The molecule has 27 heavy (non-hydrogen) atoms. The average molecular weight is 389 g/mol. The van der Waals surface area contributed by atoms with Gasteiger partial charge in [-0.3, -0.25) is 14.9 Å². The summed E-state index contributed by atoms with van der Waals surface area (Å²) in [6.07, 6.45) is 0.708. The number of hydrogen-bond donors (Lipinski definition) is 0. The van der Waals surface area contributed by atoms with Crippen molar-refractivity contribution in [3.05, 3.63) is 68.7 Å². The van der Waals surface area contributed by atoms with Crippen LogP contribution in [0.3, 0.4) is 0 Å². The number of benzene rings is 2. The van der Waals surface area contributed by atoms with Gasteiger partial charge in [0, 0.05) is 24.4 Å². The van der Waals surface area contributed by atoms with Crippen LogP contribution in [0.15, 0.2) is 42.5 Å². The topological polar surface area (TPSA) is 89.7 Å². The number of carbonyl (C=O) groups excluding carboxylic acids is 2. The van der Waals surface area contributed by atoms with Gasteiger partial charge in [0.05, 0.1) is 15.5 Å². The number of hydrogen-bond acceptors (Lipinski definition) is 5. The summed E-state index contributed by atoms with van der Waals surface area (Å²) in [6.45, 7) is 2.05. The van der Waals surface area contributed by atoms with Gasteiger partial charge in [-0.15, -0.1) is 0 Å². The Labute approximate surface area is 160 Å². The zero-order valence-corrected chi connectivity index (χ0v) is 15.3. The zero-order chi connectivity index (χ0) is 19.6. The molecule has 0 aromatic heterocycles. The molecule has 0 fully saturated rings. The number of aryl methyl sites for hydroxylation is 1. The number of rotatable bonds is 4. The van der Waals surface area contributed by atoms with Crippen molar-refractivity contribution >= 4 is 34.9 Å². The van der Waals surface area contributed by atoms with Gasteiger partial charge in [0.25, 0.3) is 11.6 Å². The third-order valence-corrected chi connectivity index (χ3v) is 4.70. The van der Waals surface area contributed by atoms with Crippen LogP contribution in [0.1, 0.15) is 29.3 Å². The van der Waals surface area contributed by atoms with Crippen molar-refractivity contribution in [3.8, 4) is 0 Å². The van der Waals surface area contributed by atoms with E-state index in [0.717, 1.165) is 36.2 Å². The van der Waals surface area contributed by atoms with E-state index >= 15 is 0 Å². The molecule has 2 aromatic rings. The maximum Gasteiger partial charge on any atom is 0.340 e. The third-order valence-electron chi connectivity index (χ3n) is 4.39. The van der Waals surface area contributed by atoms with E-state index < -0.39 is 17.0 Å². The van der Waals surface area contributed by atoms with Crippen LogP contribution < -0.4 is 4.90 Å². The number of non-ortho nitro benzene ring substituents is 1. The first-order valence-electron chi connectivity index (χ1n) is 8.42. The molecule has 140 valence electrons. The van der Waals surface area contributed by atoms with Crippen LogP contribution in [0, 0.1) is 10.1 Å². The quantitative estimate of drug-likeness (QED) is 0.451. The van der Waals surface area contributed by atoms with Gasteiger partial charge in [0.2, 0.25) is 0 Å². The minimum atomic E-state index is -1.02. The first-order chi connectivity index (χ1) is 12.9. The Bertz CT molecular complexity index is 915. The minimum absolute atomic E-state index is 0.0269. The van der Waals surface area contributed by atoms with E-state index in [1.165, 1.54) is 13.0 Å². The largest absolute Gasteiger partial charge is 0.449 e. The molecule has 0 aliphatic carbocycles. The van der Waals surface area contributed by atoms with Gasteiger partial charge in [0.1, 0.15) is 0 Å². The van der Waals surface area contributed by atoms with Crippen molar-refractivity contribution in [2.24, 2.45) is 0 Å². The summed E-state index contributed by atoms with van der Waals surface area (Å²) in [4.78, 5) is 36.9. The van der Waals surface area contributed by atoms with Gasteiger partial charge in [0.15, 0.2) is 6.10 Å². The number of para-hydroxylation sites is 1. The van der Waals surface area contributed by atoms with Crippen LogP contribution in [-0.4, -0.2) is 29.4 Å². The number of anilines is 1. The van der Waals surface area contributed by atoms with E-state index in [-0.39, 0.29) is 22.2 Å². The van der Waals surface area contributed by atoms with Crippen LogP contribution in [0.5, 0.6) is 0 Å². The molecule has 2 aromatic carbocycles. The zero-order valence-electron chi connectivity index (χ0n) is 14.6. The van der Waals surface area contributed by atoms with Crippen molar-refractivity contribution in [1.29, 1.82) is 0 Å². The van der Waals surface area contributed by atoms with Gasteiger partial charge in [-0.1, -0.05) is 29.8 Å². The number of esters is 1. The second-order valence-electron chi connectivity index (χ2n) is 6.19. The lowest BCUT2D eigenvalue weighted by Crippen LogP contribution is -2.42. The lowest BCUT2D eigenvalue weighted by atomic mass is 10.0. The molecule has 0 radical (unpaired) electrons. The van der Waals surface area contributed by atoms with E-state index in [1.807, 2.05) is 24.3 Å². The molecule has 0 spiro atoms. The van der Waals surface area contributed by atoms with Crippen molar-refractivity contribution in [3.63, 3.8) is 0 Å². The summed E-state index contributed by atoms with van der Waals surface area (Å²) >= 11 is 5.95. The van der Waals surface area contributed by atoms with Crippen molar-refractivity contribution < 1.29 is 19.2 Å². The monoisotopic (exact) mass is 388 g/mol. The molecule has 0 saturated carbocycles. The molecule has 0 bridgehead atoms. The maximum absolute atomic E-state index is 12.8. The van der Waals surface area contributed by atoms with E-state index in [4.69, 9.17) is 16.3 Å². The molecule has 0 N–H and O–H groups in total. The number of nitro groups is 1. The lowest BCUT2D eigenvalue weighted by molar-refractivity contribution is -0.384. The number of carbonyl (C=O) groups is 2. The summed E-state index contributed by atoms with van der Waals surface area (Å²) in [5.41, 5.74) is 1.64. The highest BCUT2D eigenvalue weighted by Gasteiger charge is 2.29. The van der Waals surface area contributed by atoms with E-state index in [2.05, 4.69) is 0 Å². The molecule has 8 heteroatoms. The van der Waals surface area contributed by atoms with E-state index in [1.54, 1.807) is 4.90 Å². The predicted octanol–water partition coefficient (Wildman–Crippen LogP) is 3.77. The first kappa shape index (κ1) is 18.8. The summed E-state index contributed by atoms with van der Waals surface area (Å²) in [6, 6.07) is 11.1. The second kappa shape index (κ2) is 7.75. The molecule has 1 atom stereocenters. The third kappa shape index (κ3) is 3.93. The molecule has 0 saturated heterocycles. The van der Waals surface area contributed by atoms with E-state index in [9.17, 15) is 19.7 Å². The second-order valence-corrected chi connectivity index (χ2v) is 6.60. The Morgan fingerprint density at radius 3 is 2.70 bits per heavy atom. The molecule has 0 unspecified atom stereocenters. The maximum atomic E-state index is 12.8. The molecule has 1 heterocycles. The lowest BCUT2D eigenvalue weighted by Gasteiger charge is -2.31. The number of nitrogens with zero attached hydrogens (tertiary/aromatic N) is 2. The van der Waals surface area contributed by atoms with Gasteiger partial charge in [-0.05, 0) is 37.5 Å². The average Bonchev–Trinajstić information content (AvgIpc) is 2.66. The molecule has 1 aliphatic rings. The minimum Gasteiger partial charge on any atom is -0.449 e. The standard InChI is InChI=1S/C19H17ClN2O5/c1-12(18(23)21-10-4-6-13-5-2-3-7-17(13)21)27-19(24)15-9-8-14(22(25)26)11-16(15)20/h2-3,5,7-9,11-12H,4,6,10H2,1H3/t12-/m1/s1. The predicted molar refractivity (Wildman–Crippen MR) is 100 cm³/mol. The molecule has 1 amide bonds. The summed E-state index contributed by atoms with van der Waals surface area (Å²) in [7, 11) is 0. The van der Waals surface area contributed by atoms with Gasteiger partial charge in [-0.2, -0.15) is 0 Å². The fourth-order valence-electron chi connectivity index (χ4n) is 3.04. The van der Waals surface area contributed by atoms with Crippen LogP contribution in [-0.2, 0) is 16.0 Å². The van der Waals surface area contributed by atoms with Crippen LogP contribution in [0.4, 0.5) is 11.4 Å². The smallest absolute Gasteiger partial charge is 0.340 e. The Hall–Kier alpha value is -2.93. The molecule has 1 aliphatic heterocycles. The molecular weight excluding hydrogens is 372 g/mol. The molecule has 7 nitrogen and oxygen atoms in total. The Balaban J connectivity index is 1.74. The van der Waals surface area contributed by atoms with Crippen molar-refractivity contribution in [1.82, 2.24) is 0 Å². The highest BCUT2D eigenvalue weighted by atomic mass is 35.5. The van der Waals surface area contributed by atoms with Gasteiger partial charge in [-0.25, -0.2) is 4.79 Å². The number of amides is 1. The summed E-state index contributed by atoms with van der Waals surface area (Å²) in [5, 5.41) is 10.7. The Morgan fingerprint density at radius 1 is 1.26 bits per heavy atom. The van der Waals surface area contributed by atoms with Gasteiger partial charge < -0.3 is 9.64 Å². The fraction of sp³-hybridized carbons (Fsp3) is 0.263. The number of halogens is 1. The molecular formula is C19H17ClN2O5. The summed E-state index contributed by atoms with van der Waals surface area (Å²) < 4.78 is 5.26. The Kier molecular flexibility index (Phi) is 5.41. The highest BCUT2D eigenvalue weighted by molar-refractivity contribution is 6.33. The number of fused-ring (bicyclic) bond motifs is 1. The van der Waals surface area contributed by atoms with Crippen molar-refractivity contribution in [2.45, 2.75) is 25.9 Å². The molecule has 3 rings (SSSR count).